The largest absolute Gasteiger partial charge is 0.384 e. The van der Waals surface area contributed by atoms with E-state index in [-0.39, 0.29) is 6.04 Å². The van der Waals surface area contributed by atoms with Crippen LogP contribution in [0, 0.1) is 0 Å². The molecule has 0 aliphatic rings. The molecule has 5 nitrogen and oxygen atoms in total. The number of anilines is 1. The highest BCUT2D eigenvalue weighted by molar-refractivity contribution is 7.89. The van der Waals surface area contributed by atoms with Crippen LogP contribution in [-0.4, -0.2) is 46.5 Å². The summed E-state index contributed by atoms with van der Waals surface area (Å²) in [7, 11) is 0.455. The number of nitrogens with one attached hydrogen (secondary N) is 2. The predicted molar refractivity (Wildman–Crippen MR) is 88.2 cm³/mol. The maximum absolute atomic E-state index is 12.5. The Morgan fingerprint density at radius 3 is 2.52 bits per heavy atom. The van der Waals surface area contributed by atoms with Crippen LogP contribution in [0.25, 0.3) is 0 Å². The summed E-state index contributed by atoms with van der Waals surface area (Å²) in [5, 5.41) is 3.17. The summed E-state index contributed by atoms with van der Waals surface area (Å²) in [6.07, 6.45) is 1.72. The molecule has 1 unspecified atom stereocenters. The van der Waals surface area contributed by atoms with Gasteiger partial charge in [-0.1, -0.05) is 19.1 Å². The molecule has 1 aromatic rings. The molecule has 0 radical (unpaired) electrons. The van der Waals surface area contributed by atoms with Gasteiger partial charge in [0, 0.05) is 12.6 Å². The van der Waals surface area contributed by atoms with E-state index >= 15 is 0 Å². The third-order valence-electron chi connectivity index (χ3n) is 3.11. The van der Waals surface area contributed by atoms with Gasteiger partial charge in [-0.25, -0.2) is 13.1 Å². The van der Waals surface area contributed by atoms with Crippen LogP contribution >= 0.6 is 0 Å². The minimum Gasteiger partial charge on any atom is -0.384 e. The molecule has 1 atom stereocenters. The molecule has 0 saturated carbocycles. The number of nitrogens with zero attached hydrogens (tertiary/aromatic N) is 1. The van der Waals surface area contributed by atoms with Crippen molar-refractivity contribution in [3.05, 3.63) is 24.3 Å². The van der Waals surface area contributed by atoms with Crippen LogP contribution in [0.3, 0.4) is 0 Å². The van der Waals surface area contributed by atoms with E-state index in [1.165, 1.54) is 0 Å². The summed E-state index contributed by atoms with van der Waals surface area (Å²) in [5.41, 5.74) is 0.659. The molecule has 1 rings (SSSR count). The molecule has 0 aliphatic heterocycles. The van der Waals surface area contributed by atoms with Gasteiger partial charge in [0.05, 0.1) is 5.69 Å². The maximum Gasteiger partial charge on any atom is 0.242 e. The average molecular weight is 313 g/mol. The van der Waals surface area contributed by atoms with Crippen LogP contribution in [0.4, 0.5) is 5.69 Å². The Morgan fingerprint density at radius 1 is 1.24 bits per heavy atom. The Morgan fingerprint density at radius 2 is 1.90 bits per heavy atom. The van der Waals surface area contributed by atoms with E-state index in [0.29, 0.717) is 10.6 Å². The molecule has 0 fully saturated rings. The lowest BCUT2D eigenvalue weighted by Crippen LogP contribution is -2.35. The Hall–Kier alpha value is -1.11. The fourth-order valence-corrected chi connectivity index (χ4v) is 3.41. The summed E-state index contributed by atoms with van der Waals surface area (Å²) >= 11 is 0. The lowest BCUT2D eigenvalue weighted by Gasteiger charge is -2.18. The van der Waals surface area contributed by atoms with Gasteiger partial charge < -0.3 is 10.2 Å². The number of hydrogen-bond donors (Lipinski definition) is 2. The zero-order valence-corrected chi connectivity index (χ0v) is 14.2. The third kappa shape index (κ3) is 6.03. The van der Waals surface area contributed by atoms with Crippen LogP contribution in [0.1, 0.15) is 26.7 Å². The van der Waals surface area contributed by atoms with Crippen molar-refractivity contribution in [2.24, 2.45) is 0 Å². The second-order valence-electron chi connectivity index (χ2n) is 5.54. The number of benzene rings is 1. The monoisotopic (exact) mass is 313 g/mol. The molecular formula is C15H27N3O2S. The highest BCUT2D eigenvalue weighted by Crippen LogP contribution is 2.21. The van der Waals surface area contributed by atoms with Gasteiger partial charge in [0.25, 0.3) is 0 Å². The van der Waals surface area contributed by atoms with E-state index < -0.39 is 10.0 Å². The van der Waals surface area contributed by atoms with Crippen molar-refractivity contribution in [1.29, 1.82) is 0 Å². The smallest absolute Gasteiger partial charge is 0.242 e. The second kappa shape index (κ2) is 8.36. The predicted octanol–water partition coefficient (Wildman–Crippen LogP) is 2.13. The Balaban J connectivity index is 2.82. The van der Waals surface area contributed by atoms with Gasteiger partial charge in [-0.05, 0) is 52.5 Å². The maximum atomic E-state index is 12.5. The molecule has 0 saturated heterocycles. The molecule has 0 heterocycles. The number of rotatable bonds is 9. The Bertz CT molecular complexity index is 529. The molecule has 1 aromatic carbocycles. The lowest BCUT2D eigenvalue weighted by atomic mass is 10.2. The molecule has 2 N–H and O–H groups in total. The summed E-state index contributed by atoms with van der Waals surface area (Å²) in [6, 6.07) is 6.92. The third-order valence-corrected chi connectivity index (χ3v) is 4.76. The van der Waals surface area contributed by atoms with E-state index in [1.54, 1.807) is 18.2 Å². The lowest BCUT2D eigenvalue weighted by molar-refractivity contribution is 0.379. The van der Waals surface area contributed by atoms with Crippen LogP contribution < -0.4 is 10.0 Å². The molecule has 6 heteroatoms. The van der Waals surface area contributed by atoms with Crippen molar-refractivity contribution in [3.63, 3.8) is 0 Å². The first-order chi connectivity index (χ1) is 9.86. The fourth-order valence-electron chi connectivity index (χ4n) is 1.95. The van der Waals surface area contributed by atoms with Crippen molar-refractivity contribution in [1.82, 2.24) is 9.62 Å². The molecule has 120 valence electrons. The zero-order chi connectivity index (χ0) is 15.9. The van der Waals surface area contributed by atoms with Crippen molar-refractivity contribution >= 4 is 15.7 Å². The van der Waals surface area contributed by atoms with Gasteiger partial charge in [0.2, 0.25) is 10.0 Å². The van der Waals surface area contributed by atoms with Gasteiger partial charge in [0.1, 0.15) is 4.90 Å². The van der Waals surface area contributed by atoms with E-state index in [9.17, 15) is 8.42 Å². The molecule has 21 heavy (non-hydrogen) atoms. The Labute approximate surface area is 128 Å². The number of sulfonamides is 1. The van der Waals surface area contributed by atoms with Crippen LogP contribution in [-0.2, 0) is 10.0 Å². The summed E-state index contributed by atoms with van der Waals surface area (Å²) in [6.45, 7) is 5.54. The van der Waals surface area contributed by atoms with Gasteiger partial charge in [0.15, 0.2) is 0 Å². The summed E-state index contributed by atoms with van der Waals surface area (Å²) < 4.78 is 27.8. The Kier molecular flexibility index (Phi) is 7.14. The molecule has 0 aromatic heterocycles. The van der Waals surface area contributed by atoms with Crippen molar-refractivity contribution in [3.8, 4) is 0 Å². The van der Waals surface area contributed by atoms with Gasteiger partial charge in [-0.2, -0.15) is 0 Å². The van der Waals surface area contributed by atoms with E-state index in [2.05, 4.69) is 10.0 Å². The minimum atomic E-state index is -3.50. The van der Waals surface area contributed by atoms with E-state index in [1.807, 2.05) is 38.9 Å². The van der Waals surface area contributed by atoms with Crippen LogP contribution in [0.15, 0.2) is 29.2 Å². The van der Waals surface area contributed by atoms with Crippen molar-refractivity contribution in [2.75, 3.05) is 32.5 Å². The van der Waals surface area contributed by atoms with Crippen molar-refractivity contribution < 1.29 is 8.42 Å². The first-order valence-corrected chi connectivity index (χ1v) is 8.85. The summed E-state index contributed by atoms with van der Waals surface area (Å²) in [5.74, 6) is 0. The first-order valence-electron chi connectivity index (χ1n) is 7.36. The average Bonchev–Trinajstić information content (AvgIpc) is 2.42. The minimum absolute atomic E-state index is 0.100. The molecule has 0 bridgehead atoms. The zero-order valence-electron chi connectivity index (χ0n) is 13.4. The van der Waals surface area contributed by atoms with Gasteiger partial charge in [-0.3, -0.25) is 0 Å². The van der Waals surface area contributed by atoms with Crippen LogP contribution in [0.2, 0.25) is 0 Å². The second-order valence-corrected chi connectivity index (χ2v) is 7.22. The first kappa shape index (κ1) is 17.9. The highest BCUT2D eigenvalue weighted by Gasteiger charge is 2.20. The highest BCUT2D eigenvalue weighted by atomic mass is 32.2. The normalized spacial score (nSPS) is 13.4. The van der Waals surface area contributed by atoms with Crippen LogP contribution in [0.5, 0.6) is 0 Å². The molecular weight excluding hydrogens is 286 g/mol. The molecule has 0 aliphatic carbocycles. The van der Waals surface area contributed by atoms with Crippen molar-refractivity contribution in [2.45, 2.75) is 37.6 Å². The van der Waals surface area contributed by atoms with Gasteiger partial charge in [-0.15, -0.1) is 0 Å². The SMILES string of the molecule is CCCNc1ccccc1S(=O)(=O)NC(C)CCN(C)C. The van der Waals surface area contributed by atoms with Gasteiger partial charge >= 0.3 is 0 Å². The van der Waals surface area contributed by atoms with E-state index in [0.717, 1.165) is 25.9 Å². The van der Waals surface area contributed by atoms with E-state index in [4.69, 9.17) is 0 Å². The topological polar surface area (TPSA) is 61.4 Å². The number of para-hydroxylation sites is 1. The fraction of sp³-hybridized carbons (Fsp3) is 0.600. The molecule has 0 spiro atoms. The quantitative estimate of drug-likeness (QED) is 0.733. The number of hydrogen-bond acceptors (Lipinski definition) is 4. The molecule has 0 amide bonds. The standard InChI is InChI=1S/C15H27N3O2S/c1-5-11-16-14-8-6-7-9-15(14)21(19,20)17-13(2)10-12-18(3)4/h6-9,13,16-17H,5,10-12H2,1-4H3. The summed E-state index contributed by atoms with van der Waals surface area (Å²) in [4.78, 5) is 2.36.